The highest BCUT2D eigenvalue weighted by Crippen LogP contribution is 2.30. The normalized spacial score (nSPS) is 16.3. The Bertz CT molecular complexity index is 1030. The number of nitrogens with zero attached hydrogens (tertiary/aromatic N) is 2. The summed E-state index contributed by atoms with van der Waals surface area (Å²) in [5.41, 5.74) is 0.609. The maximum atomic E-state index is 12.9. The lowest BCUT2D eigenvalue weighted by atomic mass is 9.96. The average molecular weight is 455 g/mol. The predicted molar refractivity (Wildman–Crippen MR) is 111 cm³/mol. The summed E-state index contributed by atoms with van der Waals surface area (Å²) in [6.07, 6.45) is -3.69. The van der Waals surface area contributed by atoms with Crippen molar-refractivity contribution in [2.45, 2.75) is 37.4 Å². The van der Waals surface area contributed by atoms with Crippen LogP contribution in [0, 0.1) is 12.8 Å². The molecule has 2 aromatic carbocycles. The van der Waals surface area contributed by atoms with Crippen LogP contribution in [0.1, 0.15) is 29.5 Å². The highest BCUT2D eigenvalue weighted by Gasteiger charge is 2.34. The van der Waals surface area contributed by atoms with Crippen molar-refractivity contribution in [3.63, 3.8) is 0 Å². The Balaban J connectivity index is 1.60. The van der Waals surface area contributed by atoms with Gasteiger partial charge < -0.3 is 4.90 Å². The Kier molecular flexibility index (Phi) is 6.76. The Hall–Kier alpha value is -2.39. The van der Waals surface area contributed by atoms with E-state index in [1.807, 2.05) is 6.92 Å². The average Bonchev–Trinajstić information content (AvgIpc) is 2.73. The van der Waals surface area contributed by atoms with E-state index in [-0.39, 0.29) is 36.4 Å². The monoisotopic (exact) mass is 454 g/mol. The van der Waals surface area contributed by atoms with E-state index < -0.39 is 21.8 Å². The first kappa shape index (κ1) is 23.3. The number of hydrogen-bond donors (Lipinski definition) is 0. The predicted octanol–water partition coefficient (Wildman–Crippen LogP) is 4.07. The van der Waals surface area contributed by atoms with E-state index in [0.29, 0.717) is 18.4 Å². The number of sulfonamides is 1. The van der Waals surface area contributed by atoms with Crippen molar-refractivity contribution < 1.29 is 26.4 Å². The molecule has 1 amide bonds. The smallest absolute Gasteiger partial charge is 0.341 e. The van der Waals surface area contributed by atoms with Gasteiger partial charge in [-0.1, -0.05) is 29.8 Å². The minimum atomic E-state index is -4.44. The highest BCUT2D eigenvalue weighted by atomic mass is 32.2. The lowest BCUT2D eigenvalue weighted by Crippen LogP contribution is -2.43. The maximum Gasteiger partial charge on any atom is 0.416 e. The van der Waals surface area contributed by atoms with E-state index in [2.05, 4.69) is 0 Å². The Morgan fingerprint density at radius 1 is 1.10 bits per heavy atom. The second kappa shape index (κ2) is 9.00. The summed E-state index contributed by atoms with van der Waals surface area (Å²) >= 11 is 0. The molecule has 0 atom stereocenters. The van der Waals surface area contributed by atoms with Crippen LogP contribution in [0.3, 0.4) is 0 Å². The molecule has 3 rings (SSSR count). The Morgan fingerprint density at radius 2 is 1.71 bits per heavy atom. The second-order valence-electron chi connectivity index (χ2n) is 7.88. The molecule has 1 fully saturated rings. The highest BCUT2D eigenvalue weighted by molar-refractivity contribution is 7.89. The van der Waals surface area contributed by atoms with Crippen molar-refractivity contribution in [1.82, 2.24) is 9.21 Å². The fourth-order valence-corrected chi connectivity index (χ4v) is 5.18. The van der Waals surface area contributed by atoms with Gasteiger partial charge in [0.25, 0.3) is 0 Å². The Labute approximate surface area is 180 Å². The van der Waals surface area contributed by atoms with Crippen molar-refractivity contribution in [2.24, 2.45) is 5.92 Å². The lowest BCUT2D eigenvalue weighted by Gasteiger charge is -2.32. The van der Waals surface area contributed by atoms with Gasteiger partial charge in [-0.2, -0.15) is 17.5 Å². The maximum absolute atomic E-state index is 12.9. The van der Waals surface area contributed by atoms with Gasteiger partial charge in [0.15, 0.2) is 0 Å². The van der Waals surface area contributed by atoms with Gasteiger partial charge in [0.05, 0.1) is 10.5 Å². The van der Waals surface area contributed by atoms with Crippen LogP contribution < -0.4 is 0 Å². The second-order valence-corrected chi connectivity index (χ2v) is 9.82. The summed E-state index contributed by atoms with van der Waals surface area (Å²) in [5.74, 6) is -0.551. The first-order valence-electron chi connectivity index (χ1n) is 9.96. The SMILES string of the molecule is Cc1ccc(S(=O)(=O)N2CCC(C(=O)N(C)Cc3cccc(C(F)(F)F)c3)CC2)cc1. The van der Waals surface area contributed by atoms with Gasteiger partial charge in [-0.3, -0.25) is 4.79 Å². The molecule has 31 heavy (non-hydrogen) atoms. The molecular formula is C22H25F3N2O3S. The minimum absolute atomic E-state index is 0.0602. The summed E-state index contributed by atoms with van der Waals surface area (Å²) in [6, 6.07) is 11.5. The van der Waals surface area contributed by atoms with E-state index in [9.17, 15) is 26.4 Å². The van der Waals surface area contributed by atoms with E-state index in [4.69, 9.17) is 0 Å². The van der Waals surface area contributed by atoms with Crippen LogP contribution in [0.25, 0.3) is 0 Å². The molecule has 0 spiro atoms. The zero-order valence-corrected chi connectivity index (χ0v) is 18.2. The summed E-state index contributed by atoms with van der Waals surface area (Å²) < 4.78 is 65.7. The fraction of sp³-hybridized carbons (Fsp3) is 0.409. The van der Waals surface area contributed by atoms with Crippen LogP contribution in [0.5, 0.6) is 0 Å². The number of halogens is 3. The molecular weight excluding hydrogens is 429 g/mol. The van der Waals surface area contributed by atoms with Gasteiger partial charge in [-0.25, -0.2) is 8.42 Å². The number of carbonyl (C=O) groups is 1. The number of hydrogen-bond acceptors (Lipinski definition) is 3. The lowest BCUT2D eigenvalue weighted by molar-refractivity contribution is -0.137. The van der Waals surface area contributed by atoms with E-state index >= 15 is 0 Å². The summed E-state index contributed by atoms with van der Waals surface area (Å²) in [4.78, 5) is 14.4. The van der Waals surface area contributed by atoms with Gasteiger partial charge in [-0.15, -0.1) is 0 Å². The molecule has 168 valence electrons. The van der Waals surface area contributed by atoms with Crippen LogP contribution in [0.4, 0.5) is 13.2 Å². The third-order valence-corrected chi connectivity index (χ3v) is 7.43. The van der Waals surface area contributed by atoms with Gasteiger partial charge in [0.1, 0.15) is 0 Å². The molecule has 1 heterocycles. The quantitative estimate of drug-likeness (QED) is 0.684. The zero-order chi connectivity index (χ0) is 22.8. The molecule has 2 aromatic rings. The molecule has 0 aromatic heterocycles. The number of aryl methyl sites for hydroxylation is 1. The summed E-state index contributed by atoms with van der Waals surface area (Å²) in [6.45, 7) is 2.39. The van der Waals surface area contributed by atoms with Crippen LogP contribution in [-0.2, 0) is 27.5 Å². The summed E-state index contributed by atoms with van der Waals surface area (Å²) in [5, 5.41) is 0. The van der Waals surface area contributed by atoms with Gasteiger partial charge in [0.2, 0.25) is 15.9 Å². The third kappa shape index (κ3) is 5.46. The van der Waals surface area contributed by atoms with Crippen molar-refractivity contribution in [3.05, 3.63) is 65.2 Å². The molecule has 1 saturated heterocycles. The van der Waals surface area contributed by atoms with Gasteiger partial charge >= 0.3 is 6.18 Å². The third-order valence-electron chi connectivity index (χ3n) is 5.51. The van der Waals surface area contributed by atoms with Crippen LogP contribution >= 0.6 is 0 Å². The number of carbonyl (C=O) groups excluding carboxylic acids is 1. The number of benzene rings is 2. The molecule has 0 N–H and O–H groups in total. The summed E-state index contributed by atoms with van der Waals surface area (Å²) in [7, 11) is -2.06. The topological polar surface area (TPSA) is 57.7 Å². The first-order valence-corrected chi connectivity index (χ1v) is 11.4. The number of rotatable bonds is 5. The van der Waals surface area contributed by atoms with Crippen LogP contribution in [-0.4, -0.2) is 43.7 Å². The molecule has 9 heteroatoms. The van der Waals surface area contributed by atoms with Crippen molar-refractivity contribution in [2.75, 3.05) is 20.1 Å². The van der Waals surface area contributed by atoms with E-state index in [0.717, 1.165) is 17.7 Å². The van der Waals surface area contributed by atoms with Crippen LogP contribution in [0.2, 0.25) is 0 Å². The number of piperidine rings is 1. The minimum Gasteiger partial charge on any atom is -0.341 e. The molecule has 0 unspecified atom stereocenters. The zero-order valence-electron chi connectivity index (χ0n) is 17.4. The van der Waals surface area contributed by atoms with E-state index in [1.165, 1.54) is 15.3 Å². The molecule has 1 aliphatic heterocycles. The van der Waals surface area contributed by atoms with Crippen LogP contribution in [0.15, 0.2) is 53.4 Å². The number of alkyl halides is 3. The standard InChI is InChI=1S/C22H25F3N2O3S/c1-16-6-8-20(9-7-16)31(29,30)27-12-10-18(11-13-27)21(28)26(2)15-17-4-3-5-19(14-17)22(23,24)25/h3-9,14,18H,10-13,15H2,1-2H3. The van der Waals surface area contributed by atoms with Crippen molar-refractivity contribution in [1.29, 1.82) is 0 Å². The Morgan fingerprint density at radius 3 is 2.29 bits per heavy atom. The molecule has 0 radical (unpaired) electrons. The molecule has 5 nitrogen and oxygen atoms in total. The van der Waals surface area contributed by atoms with Gasteiger partial charge in [0, 0.05) is 32.6 Å². The van der Waals surface area contributed by atoms with Crippen molar-refractivity contribution >= 4 is 15.9 Å². The molecule has 0 aliphatic carbocycles. The largest absolute Gasteiger partial charge is 0.416 e. The fourth-order valence-electron chi connectivity index (χ4n) is 3.71. The molecule has 1 aliphatic rings. The number of amides is 1. The molecule has 0 saturated carbocycles. The molecule has 0 bridgehead atoms. The van der Waals surface area contributed by atoms with Gasteiger partial charge in [-0.05, 0) is 49.6 Å². The van der Waals surface area contributed by atoms with E-state index in [1.54, 1.807) is 37.4 Å². The van der Waals surface area contributed by atoms with Crippen molar-refractivity contribution in [3.8, 4) is 0 Å². The first-order chi connectivity index (χ1) is 14.5.